The van der Waals surface area contributed by atoms with E-state index in [9.17, 15) is 14.7 Å². The second kappa shape index (κ2) is 5.42. The number of carbonyl (C=O) groups excluding carboxylic acids is 1. The molecule has 5 heteroatoms. The van der Waals surface area contributed by atoms with Gasteiger partial charge >= 0.3 is 12.0 Å². The minimum absolute atomic E-state index is 0.247. The summed E-state index contributed by atoms with van der Waals surface area (Å²) in [4.78, 5) is 25.2. The van der Waals surface area contributed by atoms with Gasteiger partial charge in [0.1, 0.15) is 5.54 Å². The Balaban J connectivity index is 2.02. The van der Waals surface area contributed by atoms with Crippen LogP contribution in [0, 0.1) is 0 Å². The molecule has 2 rings (SSSR count). The summed E-state index contributed by atoms with van der Waals surface area (Å²) < 4.78 is 0. The maximum absolute atomic E-state index is 12.1. The highest BCUT2D eigenvalue weighted by atomic mass is 16.4. The van der Waals surface area contributed by atoms with E-state index in [2.05, 4.69) is 5.32 Å². The highest BCUT2D eigenvalue weighted by Gasteiger charge is 2.41. The van der Waals surface area contributed by atoms with Crippen molar-refractivity contribution in [1.82, 2.24) is 10.2 Å². The molecule has 0 saturated heterocycles. The van der Waals surface area contributed by atoms with Gasteiger partial charge in [-0.25, -0.2) is 9.59 Å². The van der Waals surface area contributed by atoms with Crippen molar-refractivity contribution in [3.8, 4) is 0 Å². The number of aliphatic carboxylic acids is 1. The highest BCUT2D eigenvalue weighted by molar-refractivity contribution is 5.86. The quantitative estimate of drug-likeness (QED) is 0.735. The standard InChI is InChI=1S/C13H20N2O3/c16-11(17)13(7-3-1-4-8-13)14-12(18)15-9-5-2-6-10-15/h2,5H,1,3-4,6-10H2,(H,14,18)(H,16,17). The van der Waals surface area contributed by atoms with E-state index in [0.717, 1.165) is 25.7 Å². The molecule has 5 nitrogen and oxygen atoms in total. The topological polar surface area (TPSA) is 69.6 Å². The first-order valence-corrected chi connectivity index (χ1v) is 6.59. The molecule has 18 heavy (non-hydrogen) atoms. The summed E-state index contributed by atoms with van der Waals surface area (Å²) in [5.41, 5.74) is -1.05. The number of carbonyl (C=O) groups is 2. The summed E-state index contributed by atoms with van der Waals surface area (Å²) in [5.74, 6) is -0.900. The van der Waals surface area contributed by atoms with Crippen molar-refractivity contribution in [3.05, 3.63) is 12.2 Å². The third-order valence-electron chi connectivity index (χ3n) is 3.81. The Morgan fingerprint density at radius 2 is 1.89 bits per heavy atom. The molecule has 100 valence electrons. The summed E-state index contributed by atoms with van der Waals surface area (Å²) >= 11 is 0. The number of carboxylic acids is 1. The molecule has 0 spiro atoms. The van der Waals surface area contributed by atoms with E-state index in [-0.39, 0.29) is 6.03 Å². The summed E-state index contributed by atoms with van der Waals surface area (Å²) in [6, 6.07) is -0.247. The molecule has 0 radical (unpaired) electrons. The summed E-state index contributed by atoms with van der Waals surface area (Å²) in [7, 11) is 0. The van der Waals surface area contributed by atoms with Gasteiger partial charge in [0.15, 0.2) is 0 Å². The van der Waals surface area contributed by atoms with E-state index in [1.54, 1.807) is 4.90 Å². The van der Waals surface area contributed by atoms with Gasteiger partial charge in [0.05, 0.1) is 0 Å². The van der Waals surface area contributed by atoms with Crippen molar-refractivity contribution in [2.45, 2.75) is 44.1 Å². The molecule has 1 heterocycles. The van der Waals surface area contributed by atoms with Crippen molar-refractivity contribution in [2.24, 2.45) is 0 Å². The Hall–Kier alpha value is -1.52. The zero-order valence-electron chi connectivity index (χ0n) is 10.5. The zero-order valence-corrected chi connectivity index (χ0v) is 10.5. The number of nitrogens with zero attached hydrogens (tertiary/aromatic N) is 1. The average molecular weight is 252 g/mol. The van der Waals surface area contributed by atoms with Crippen LogP contribution in [0.5, 0.6) is 0 Å². The number of rotatable bonds is 2. The van der Waals surface area contributed by atoms with Crippen LogP contribution in [0.15, 0.2) is 12.2 Å². The number of nitrogens with one attached hydrogen (secondary N) is 1. The molecule has 1 saturated carbocycles. The second-order valence-corrected chi connectivity index (χ2v) is 5.08. The first-order valence-electron chi connectivity index (χ1n) is 6.59. The predicted molar refractivity (Wildman–Crippen MR) is 67.3 cm³/mol. The number of urea groups is 1. The molecule has 1 fully saturated rings. The van der Waals surface area contributed by atoms with Crippen LogP contribution in [0.25, 0.3) is 0 Å². The van der Waals surface area contributed by atoms with Crippen molar-refractivity contribution < 1.29 is 14.7 Å². The van der Waals surface area contributed by atoms with Crippen LogP contribution in [0.2, 0.25) is 0 Å². The van der Waals surface area contributed by atoms with Gasteiger partial charge < -0.3 is 15.3 Å². The van der Waals surface area contributed by atoms with E-state index >= 15 is 0 Å². The predicted octanol–water partition coefficient (Wildman–Crippen LogP) is 1.75. The van der Waals surface area contributed by atoms with E-state index in [1.807, 2.05) is 12.2 Å². The molecule has 2 amide bonds. The number of carboxylic acid groups (broad SMARTS) is 1. The molecule has 1 aliphatic carbocycles. The number of hydrogen-bond donors (Lipinski definition) is 2. The van der Waals surface area contributed by atoms with Crippen LogP contribution in [-0.4, -0.2) is 40.6 Å². The van der Waals surface area contributed by atoms with Crippen molar-refractivity contribution >= 4 is 12.0 Å². The third kappa shape index (κ3) is 2.66. The Morgan fingerprint density at radius 3 is 2.44 bits per heavy atom. The van der Waals surface area contributed by atoms with Crippen LogP contribution in [-0.2, 0) is 4.79 Å². The Kier molecular flexibility index (Phi) is 3.89. The van der Waals surface area contributed by atoms with Crippen LogP contribution >= 0.6 is 0 Å². The molecule has 2 N–H and O–H groups in total. The molecular weight excluding hydrogens is 232 g/mol. The number of hydrogen-bond acceptors (Lipinski definition) is 2. The van der Waals surface area contributed by atoms with Crippen molar-refractivity contribution in [1.29, 1.82) is 0 Å². The minimum atomic E-state index is -1.05. The zero-order chi connectivity index (χ0) is 13.0. The lowest BCUT2D eigenvalue weighted by Gasteiger charge is -2.36. The summed E-state index contributed by atoms with van der Waals surface area (Å²) in [6.45, 7) is 1.24. The lowest BCUT2D eigenvalue weighted by Crippen LogP contribution is -2.59. The molecule has 0 bridgehead atoms. The molecule has 0 unspecified atom stereocenters. The van der Waals surface area contributed by atoms with Crippen LogP contribution in [0.3, 0.4) is 0 Å². The second-order valence-electron chi connectivity index (χ2n) is 5.08. The van der Waals surface area contributed by atoms with Crippen LogP contribution in [0.4, 0.5) is 4.79 Å². The van der Waals surface area contributed by atoms with Crippen molar-refractivity contribution in [2.75, 3.05) is 13.1 Å². The van der Waals surface area contributed by atoms with Gasteiger partial charge in [-0.05, 0) is 19.3 Å². The molecule has 0 aromatic heterocycles. The smallest absolute Gasteiger partial charge is 0.329 e. The van der Waals surface area contributed by atoms with E-state index in [0.29, 0.717) is 25.9 Å². The fourth-order valence-corrected chi connectivity index (χ4v) is 2.66. The van der Waals surface area contributed by atoms with Gasteiger partial charge in [-0.1, -0.05) is 31.4 Å². The van der Waals surface area contributed by atoms with Gasteiger partial charge in [-0.2, -0.15) is 0 Å². The molecule has 1 aliphatic heterocycles. The van der Waals surface area contributed by atoms with Crippen LogP contribution in [0.1, 0.15) is 38.5 Å². The largest absolute Gasteiger partial charge is 0.480 e. The minimum Gasteiger partial charge on any atom is -0.480 e. The molecule has 2 aliphatic rings. The Bertz CT molecular complexity index is 359. The maximum atomic E-state index is 12.1. The van der Waals surface area contributed by atoms with Crippen molar-refractivity contribution in [3.63, 3.8) is 0 Å². The third-order valence-corrected chi connectivity index (χ3v) is 3.81. The monoisotopic (exact) mass is 252 g/mol. The van der Waals surface area contributed by atoms with E-state index in [4.69, 9.17) is 0 Å². The first kappa shape index (κ1) is 12.9. The summed E-state index contributed by atoms with van der Waals surface area (Å²) in [6.07, 6.45) is 8.69. The fourth-order valence-electron chi connectivity index (χ4n) is 2.66. The van der Waals surface area contributed by atoms with Crippen LogP contribution < -0.4 is 5.32 Å². The average Bonchev–Trinajstić information content (AvgIpc) is 2.40. The van der Waals surface area contributed by atoms with Gasteiger partial charge in [-0.3, -0.25) is 0 Å². The normalized spacial score (nSPS) is 22.6. The lowest BCUT2D eigenvalue weighted by atomic mass is 9.82. The molecular formula is C13H20N2O3. The summed E-state index contributed by atoms with van der Waals surface area (Å²) in [5, 5.41) is 12.1. The number of amides is 2. The van der Waals surface area contributed by atoms with E-state index < -0.39 is 11.5 Å². The van der Waals surface area contributed by atoms with Gasteiger partial charge in [-0.15, -0.1) is 0 Å². The Morgan fingerprint density at radius 1 is 1.17 bits per heavy atom. The van der Waals surface area contributed by atoms with E-state index in [1.165, 1.54) is 0 Å². The Labute approximate surface area is 107 Å². The highest BCUT2D eigenvalue weighted by Crippen LogP contribution is 2.28. The molecule has 0 aromatic carbocycles. The van der Waals surface area contributed by atoms with Gasteiger partial charge in [0.2, 0.25) is 0 Å². The fraction of sp³-hybridized carbons (Fsp3) is 0.692. The lowest BCUT2D eigenvalue weighted by molar-refractivity contribution is -0.145. The molecule has 0 atom stereocenters. The first-order chi connectivity index (χ1) is 8.64. The molecule has 0 aromatic rings. The van der Waals surface area contributed by atoms with Gasteiger partial charge in [0.25, 0.3) is 0 Å². The van der Waals surface area contributed by atoms with Gasteiger partial charge in [0, 0.05) is 13.1 Å². The maximum Gasteiger partial charge on any atom is 0.329 e. The SMILES string of the molecule is O=C(NC1(C(=O)O)CCCCC1)N1CC=CCC1.